The Bertz CT molecular complexity index is 447. The molecule has 1 heterocycles. The summed E-state index contributed by atoms with van der Waals surface area (Å²) in [6, 6.07) is 6.84. The smallest absolute Gasteiger partial charge is 0.0589 e. The third kappa shape index (κ3) is 4.47. The van der Waals surface area contributed by atoms with Gasteiger partial charge >= 0.3 is 0 Å². The number of rotatable bonds is 6. The minimum absolute atomic E-state index is 0.104. The molecule has 2 heteroatoms. The number of alkyl halides is 1. The van der Waals surface area contributed by atoms with Gasteiger partial charge in [0.2, 0.25) is 0 Å². The maximum absolute atomic E-state index is 6.71. The highest BCUT2D eigenvalue weighted by atomic mass is 35.5. The van der Waals surface area contributed by atoms with Gasteiger partial charge in [-0.3, -0.25) is 0 Å². The second kappa shape index (κ2) is 7.65. The van der Waals surface area contributed by atoms with Gasteiger partial charge in [0, 0.05) is 6.61 Å². The second-order valence-corrected chi connectivity index (χ2v) is 7.40. The van der Waals surface area contributed by atoms with Crippen molar-refractivity contribution < 1.29 is 4.74 Å². The Morgan fingerprint density at radius 3 is 2.48 bits per heavy atom. The first kappa shape index (κ1) is 16.8. The lowest BCUT2D eigenvalue weighted by Gasteiger charge is -2.20. The van der Waals surface area contributed by atoms with Gasteiger partial charge in [0.05, 0.1) is 11.5 Å². The molecular weight excluding hydrogens is 280 g/mol. The molecule has 1 fully saturated rings. The van der Waals surface area contributed by atoms with Gasteiger partial charge in [-0.05, 0) is 54.2 Å². The summed E-state index contributed by atoms with van der Waals surface area (Å²) >= 11 is 6.71. The van der Waals surface area contributed by atoms with E-state index in [0.717, 1.165) is 19.4 Å². The molecule has 2 atom stereocenters. The van der Waals surface area contributed by atoms with E-state index in [2.05, 4.69) is 45.9 Å². The van der Waals surface area contributed by atoms with E-state index in [1.54, 1.807) is 0 Å². The summed E-state index contributed by atoms with van der Waals surface area (Å²) in [5.41, 5.74) is 4.13. The maximum Gasteiger partial charge on any atom is 0.0589 e. The minimum Gasteiger partial charge on any atom is -0.378 e. The molecule has 2 unspecified atom stereocenters. The molecule has 2 rings (SSSR count). The van der Waals surface area contributed by atoms with Crippen LogP contribution in [0, 0.1) is 0 Å². The summed E-state index contributed by atoms with van der Waals surface area (Å²) in [6.45, 7) is 9.93. The van der Waals surface area contributed by atoms with Crippen molar-refractivity contribution in [3.8, 4) is 0 Å². The van der Waals surface area contributed by atoms with Gasteiger partial charge in [0.15, 0.2) is 0 Å². The molecule has 1 saturated heterocycles. The summed E-state index contributed by atoms with van der Waals surface area (Å²) < 4.78 is 5.71. The van der Waals surface area contributed by atoms with Crippen LogP contribution < -0.4 is 0 Å². The average molecular weight is 309 g/mol. The minimum atomic E-state index is 0.104. The first-order chi connectivity index (χ1) is 9.99. The van der Waals surface area contributed by atoms with Gasteiger partial charge in [-0.15, -0.1) is 11.6 Å². The highest BCUT2D eigenvalue weighted by molar-refractivity contribution is 6.20. The van der Waals surface area contributed by atoms with Crippen LogP contribution in [0.4, 0.5) is 0 Å². The fourth-order valence-electron chi connectivity index (χ4n) is 3.10. The van der Waals surface area contributed by atoms with Gasteiger partial charge in [-0.25, -0.2) is 0 Å². The van der Waals surface area contributed by atoms with Gasteiger partial charge < -0.3 is 4.74 Å². The highest BCUT2D eigenvalue weighted by Crippen LogP contribution is 2.35. The Balaban J connectivity index is 2.09. The van der Waals surface area contributed by atoms with Crippen molar-refractivity contribution in [3.63, 3.8) is 0 Å². The van der Waals surface area contributed by atoms with E-state index >= 15 is 0 Å². The number of halogens is 1. The van der Waals surface area contributed by atoms with Crippen molar-refractivity contribution in [2.45, 2.75) is 76.7 Å². The lowest BCUT2D eigenvalue weighted by molar-refractivity contribution is 0.102. The molecule has 118 valence electrons. The molecule has 0 aliphatic carbocycles. The number of hydrogen-bond donors (Lipinski definition) is 0. The van der Waals surface area contributed by atoms with E-state index in [9.17, 15) is 0 Å². The summed E-state index contributed by atoms with van der Waals surface area (Å²) in [5, 5.41) is 0.104. The molecule has 1 aromatic carbocycles. The molecule has 1 aromatic rings. The number of hydrogen-bond acceptors (Lipinski definition) is 1. The van der Waals surface area contributed by atoms with Crippen molar-refractivity contribution in [2.75, 3.05) is 6.61 Å². The predicted octanol–water partition coefficient (Wildman–Crippen LogP) is 6.17. The second-order valence-electron chi connectivity index (χ2n) is 6.88. The Labute approximate surface area is 135 Å². The van der Waals surface area contributed by atoms with Crippen LogP contribution in [-0.2, 0) is 4.74 Å². The molecule has 1 nitrogen and oxygen atoms in total. The van der Waals surface area contributed by atoms with Crippen LogP contribution in [0.3, 0.4) is 0 Å². The first-order valence-electron chi connectivity index (χ1n) is 8.38. The largest absolute Gasteiger partial charge is 0.378 e. The fourth-order valence-corrected chi connectivity index (χ4v) is 3.42. The first-order valence-corrected chi connectivity index (χ1v) is 8.82. The number of benzene rings is 1. The van der Waals surface area contributed by atoms with Crippen LogP contribution in [0.2, 0.25) is 0 Å². The normalized spacial score (nSPS) is 20.4. The lowest BCUT2D eigenvalue weighted by atomic mass is 9.89. The standard InChI is InChI=1S/C19H29ClO/c1-13(2)15-7-9-17(18(12-15)14(3)4)19(20)10-8-16-6-5-11-21-16/h7,9,12-14,16,19H,5-6,8,10-11H2,1-4H3. The van der Waals surface area contributed by atoms with Crippen LogP contribution >= 0.6 is 11.6 Å². The molecule has 1 aliphatic heterocycles. The Hall–Kier alpha value is -0.530. The molecule has 21 heavy (non-hydrogen) atoms. The summed E-state index contributed by atoms with van der Waals surface area (Å²) in [6.07, 6.45) is 4.93. The quantitative estimate of drug-likeness (QED) is 0.571. The van der Waals surface area contributed by atoms with Gasteiger partial charge in [-0.2, -0.15) is 0 Å². The zero-order chi connectivity index (χ0) is 15.4. The van der Waals surface area contributed by atoms with Crippen LogP contribution in [0.15, 0.2) is 18.2 Å². The molecule has 0 saturated carbocycles. The van der Waals surface area contributed by atoms with E-state index in [1.807, 2.05) is 0 Å². The Morgan fingerprint density at radius 2 is 1.90 bits per heavy atom. The Morgan fingerprint density at radius 1 is 1.14 bits per heavy atom. The third-order valence-corrected chi connectivity index (χ3v) is 4.96. The summed E-state index contributed by atoms with van der Waals surface area (Å²) in [7, 11) is 0. The van der Waals surface area contributed by atoms with Gasteiger partial charge in [-0.1, -0.05) is 45.9 Å². The van der Waals surface area contributed by atoms with Crippen molar-refractivity contribution >= 4 is 11.6 Å². The molecule has 0 spiro atoms. The van der Waals surface area contributed by atoms with Crippen molar-refractivity contribution in [2.24, 2.45) is 0 Å². The zero-order valence-electron chi connectivity index (χ0n) is 13.9. The Kier molecular flexibility index (Phi) is 6.13. The SMILES string of the molecule is CC(C)c1ccc(C(Cl)CCC2CCCO2)c(C(C)C)c1. The molecule has 0 amide bonds. The highest BCUT2D eigenvalue weighted by Gasteiger charge is 2.20. The number of ether oxygens (including phenoxy) is 1. The molecular formula is C19H29ClO. The summed E-state index contributed by atoms with van der Waals surface area (Å²) in [5.74, 6) is 1.08. The summed E-state index contributed by atoms with van der Waals surface area (Å²) in [4.78, 5) is 0. The van der Waals surface area contributed by atoms with Gasteiger partial charge in [0.1, 0.15) is 0 Å². The van der Waals surface area contributed by atoms with E-state index in [4.69, 9.17) is 16.3 Å². The fraction of sp³-hybridized carbons (Fsp3) is 0.684. The van der Waals surface area contributed by atoms with Crippen LogP contribution in [0.5, 0.6) is 0 Å². The van der Waals surface area contributed by atoms with Crippen LogP contribution in [-0.4, -0.2) is 12.7 Å². The topological polar surface area (TPSA) is 9.23 Å². The monoisotopic (exact) mass is 308 g/mol. The third-order valence-electron chi connectivity index (χ3n) is 4.50. The van der Waals surface area contributed by atoms with E-state index in [1.165, 1.54) is 29.5 Å². The molecule has 0 aromatic heterocycles. The zero-order valence-corrected chi connectivity index (χ0v) is 14.6. The molecule has 0 bridgehead atoms. The van der Waals surface area contributed by atoms with Crippen LogP contribution in [0.1, 0.15) is 87.3 Å². The van der Waals surface area contributed by atoms with Crippen LogP contribution in [0.25, 0.3) is 0 Å². The van der Waals surface area contributed by atoms with E-state index in [-0.39, 0.29) is 5.38 Å². The van der Waals surface area contributed by atoms with E-state index < -0.39 is 0 Å². The maximum atomic E-state index is 6.71. The molecule has 0 radical (unpaired) electrons. The van der Waals surface area contributed by atoms with Crippen molar-refractivity contribution in [1.82, 2.24) is 0 Å². The lowest BCUT2D eigenvalue weighted by Crippen LogP contribution is -2.08. The van der Waals surface area contributed by atoms with Crippen molar-refractivity contribution in [1.29, 1.82) is 0 Å². The molecule has 1 aliphatic rings. The predicted molar refractivity (Wildman–Crippen MR) is 91.4 cm³/mol. The van der Waals surface area contributed by atoms with Gasteiger partial charge in [0.25, 0.3) is 0 Å². The average Bonchev–Trinajstić information content (AvgIpc) is 2.97. The molecule has 0 N–H and O–H groups in total. The van der Waals surface area contributed by atoms with E-state index in [0.29, 0.717) is 17.9 Å². The van der Waals surface area contributed by atoms with Crippen molar-refractivity contribution in [3.05, 3.63) is 34.9 Å².